The molecule has 7 heteroatoms. The molecule has 0 bridgehead atoms. The first-order chi connectivity index (χ1) is 12.5. The molecule has 1 amide bonds. The lowest BCUT2D eigenvalue weighted by atomic mass is 10.0. The third-order valence-corrected chi connectivity index (χ3v) is 3.97. The van der Waals surface area contributed by atoms with Crippen molar-refractivity contribution < 1.29 is 9.72 Å². The quantitative estimate of drug-likeness (QED) is 0.363. The van der Waals surface area contributed by atoms with Gasteiger partial charge in [0.05, 0.1) is 4.92 Å². The van der Waals surface area contributed by atoms with Crippen molar-refractivity contribution >= 4 is 17.3 Å². The van der Waals surface area contributed by atoms with E-state index in [-0.39, 0.29) is 24.1 Å². The number of aryl methyl sites for hydroxylation is 1. The van der Waals surface area contributed by atoms with Crippen LogP contribution < -0.4 is 16.4 Å². The maximum absolute atomic E-state index is 11.9. The average molecular weight is 356 g/mol. The van der Waals surface area contributed by atoms with Crippen LogP contribution in [0.2, 0.25) is 0 Å². The van der Waals surface area contributed by atoms with Crippen LogP contribution in [0.15, 0.2) is 48.5 Å². The fourth-order valence-electron chi connectivity index (χ4n) is 2.57. The van der Waals surface area contributed by atoms with Gasteiger partial charge in [-0.15, -0.1) is 0 Å². The number of anilines is 1. The Labute approximate surface area is 152 Å². The van der Waals surface area contributed by atoms with Crippen molar-refractivity contribution in [3.63, 3.8) is 0 Å². The summed E-state index contributed by atoms with van der Waals surface area (Å²) in [4.78, 5) is 22.6. The topological polar surface area (TPSA) is 110 Å². The number of nitro benzene ring substituents is 1. The van der Waals surface area contributed by atoms with Gasteiger partial charge in [0.2, 0.25) is 5.91 Å². The van der Waals surface area contributed by atoms with Gasteiger partial charge in [0.25, 0.3) is 5.69 Å². The minimum absolute atomic E-state index is 0.0582. The summed E-state index contributed by atoms with van der Waals surface area (Å²) in [7, 11) is 0. The fourth-order valence-corrected chi connectivity index (χ4v) is 2.57. The summed E-state index contributed by atoms with van der Waals surface area (Å²) >= 11 is 0. The molecule has 0 aliphatic heterocycles. The summed E-state index contributed by atoms with van der Waals surface area (Å²) in [6.07, 6.45) is 0.873. The molecule has 0 fully saturated rings. The van der Waals surface area contributed by atoms with E-state index in [0.29, 0.717) is 25.2 Å². The maximum atomic E-state index is 11.9. The fraction of sp³-hybridized carbons (Fsp3) is 0.316. The number of rotatable bonds is 9. The van der Waals surface area contributed by atoms with E-state index in [4.69, 9.17) is 5.73 Å². The van der Waals surface area contributed by atoms with Gasteiger partial charge in [-0.25, -0.2) is 0 Å². The first-order valence-electron chi connectivity index (χ1n) is 8.53. The lowest BCUT2D eigenvalue weighted by molar-refractivity contribution is -0.384. The average Bonchev–Trinajstić information content (AvgIpc) is 2.63. The van der Waals surface area contributed by atoms with Gasteiger partial charge in [-0.3, -0.25) is 14.9 Å². The highest BCUT2D eigenvalue weighted by molar-refractivity contribution is 5.76. The smallest absolute Gasteiger partial charge is 0.292 e. The zero-order valence-electron chi connectivity index (χ0n) is 14.8. The molecule has 4 N–H and O–H groups in total. The minimum atomic E-state index is -0.401. The van der Waals surface area contributed by atoms with E-state index >= 15 is 0 Å². The number of carbonyl (C=O) groups is 1. The Kier molecular flexibility index (Phi) is 7.11. The predicted octanol–water partition coefficient (Wildman–Crippen LogP) is 2.91. The number of nitrogens with one attached hydrogen (secondary N) is 2. The Morgan fingerprint density at radius 3 is 2.62 bits per heavy atom. The Balaban J connectivity index is 1.71. The molecule has 1 atom stereocenters. The highest BCUT2D eigenvalue weighted by Gasteiger charge is 2.13. The Morgan fingerprint density at radius 2 is 1.92 bits per heavy atom. The molecular weight excluding hydrogens is 332 g/mol. The number of benzene rings is 2. The second-order valence-corrected chi connectivity index (χ2v) is 6.13. The molecule has 0 aromatic heterocycles. The van der Waals surface area contributed by atoms with Crippen molar-refractivity contribution in [1.29, 1.82) is 0 Å². The standard InChI is InChI=1S/C19H24N4O3/c1-14-8-9-17(18(12-14)23(25)26)21-10-5-11-22-19(24)13-16(20)15-6-3-2-4-7-15/h2-4,6-9,12,16,21H,5,10-11,13,20H2,1H3,(H,22,24). The number of nitrogens with zero attached hydrogens (tertiary/aromatic N) is 1. The van der Waals surface area contributed by atoms with Crippen LogP contribution in [0.4, 0.5) is 11.4 Å². The number of carbonyl (C=O) groups excluding carboxylic acids is 1. The van der Waals surface area contributed by atoms with Crippen molar-refractivity contribution in [2.75, 3.05) is 18.4 Å². The van der Waals surface area contributed by atoms with Gasteiger partial charge >= 0.3 is 0 Å². The SMILES string of the molecule is Cc1ccc(NCCCNC(=O)CC(N)c2ccccc2)c([N+](=O)[O-])c1. The Morgan fingerprint density at radius 1 is 1.19 bits per heavy atom. The van der Waals surface area contributed by atoms with Crippen molar-refractivity contribution in [2.45, 2.75) is 25.8 Å². The zero-order valence-corrected chi connectivity index (χ0v) is 14.8. The molecule has 2 aromatic rings. The Bertz CT molecular complexity index is 750. The second-order valence-electron chi connectivity index (χ2n) is 6.13. The number of nitrogens with two attached hydrogens (primary N) is 1. The monoisotopic (exact) mass is 356 g/mol. The van der Waals surface area contributed by atoms with Gasteiger partial charge in [0.1, 0.15) is 5.69 Å². The number of hydrogen-bond donors (Lipinski definition) is 3. The molecule has 2 rings (SSSR count). The molecule has 0 saturated heterocycles. The van der Waals surface area contributed by atoms with Gasteiger partial charge in [0.15, 0.2) is 0 Å². The van der Waals surface area contributed by atoms with Gasteiger partial charge in [-0.1, -0.05) is 36.4 Å². The van der Waals surface area contributed by atoms with E-state index in [9.17, 15) is 14.9 Å². The van der Waals surface area contributed by atoms with Crippen LogP contribution in [0.3, 0.4) is 0 Å². The normalized spacial score (nSPS) is 11.6. The molecule has 0 saturated carbocycles. The van der Waals surface area contributed by atoms with Crippen LogP contribution in [-0.4, -0.2) is 23.9 Å². The summed E-state index contributed by atoms with van der Waals surface area (Å²) in [5, 5.41) is 16.9. The molecule has 0 aliphatic carbocycles. The van der Waals surface area contributed by atoms with Crippen LogP contribution in [0.5, 0.6) is 0 Å². The zero-order chi connectivity index (χ0) is 18.9. The Hall–Kier alpha value is -2.93. The van der Waals surface area contributed by atoms with Gasteiger partial charge in [-0.2, -0.15) is 0 Å². The van der Waals surface area contributed by atoms with Crippen LogP contribution >= 0.6 is 0 Å². The second kappa shape index (κ2) is 9.53. The third-order valence-electron chi connectivity index (χ3n) is 3.97. The summed E-state index contributed by atoms with van der Waals surface area (Å²) < 4.78 is 0. The van der Waals surface area contributed by atoms with Gasteiger partial charge < -0.3 is 16.4 Å². The largest absolute Gasteiger partial charge is 0.379 e. The molecular formula is C19H24N4O3. The van der Waals surface area contributed by atoms with E-state index in [1.165, 1.54) is 6.07 Å². The van der Waals surface area contributed by atoms with E-state index in [1.807, 2.05) is 43.3 Å². The first-order valence-corrected chi connectivity index (χ1v) is 8.53. The number of hydrogen-bond acceptors (Lipinski definition) is 5. The summed E-state index contributed by atoms with van der Waals surface area (Å²) in [6, 6.07) is 14.2. The molecule has 1 unspecified atom stereocenters. The van der Waals surface area contributed by atoms with Crippen molar-refractivity contribution in [1.82, 2.24) is 5.32 Å². The van der Waals surface area contributed by atoms with E-state index in [2.05, 4.69) is 10.6 Å². The van der Waals surface area contributed by atoms with Crippen molar-refractivity contribution in [3.8, 4) is 0 Å². The molecule has 0 radical (unpaired) electrons. The van der Waals surface area contributed by atoms with Crippen LogP contribution in [0, 0.1) is 17.0 Å². The molecule has 0 spiro atoms. The molecule has 0 heterocycles. The van der Waals surface area contributed by atoms with Crippen LogP contribution in [0.1, 0.15) is 30.0 Å². The van der Waals surface area contributed by atoms with Crippen molar-refractivity contribution in [2.24, 2.45) is 5.73 Å². The van der Waals surface area contributed by atoms with E-state index in [1.54, 1.807) is 6.07 Å². The first kappa shape index (κ1) is 19.4. The van der Waals surface area contributed by atoms with Gasteiger partial charge in [-0.05, 0) is 30.5 Å². The predicted molar refractivity (Wildman–Crippen MR) is 102 cm³/mol. The molecule has 26 heavy (non-hydrogen) atoms. The molecule has 0 aliphatic rings. The summed E-state index contributed by atoms with van der Waals surface area (Å²) in [5.74, 6) is -0.109. The maximum Gasteiger partial charge on any atom is 0.292 e. The lowest BCUT2D eigenvalue weighted by Crippen LogP contribution is -2.29. The number of nitro groups is 1. The highest BCUT2D eigenvalue weighted by Crippen LogP contribution is 2.25. The molecule has 2 aromatic carbocycles. The minimum Gasteiger partial charge on any atom is -0.379 e. The molecule has 138 valence electrons. The van der Waals surface area contributed by atoms with Crippen LogP contribution in [0.25, 0.3) is 0 Å². The highest BCUT2D eigenvalue weighted by atomic mass is 16.6. The third kappa shape index (κ3) is 5.86. The number of amides is 1. The summed E-state index contributed by atoms with van der Waals surface area (Å²) in [6.45, 7) is 2.81. The van der Waals surface area contributed by atoms with Gasteiger partial charge in [0, 0.05) is 31.6 Å². The molecule has 7 nitrogen and oxygen atoms in total. The summed E-state index contributed by atoms with van der Waals surface area (Å²) in [5.41, 5.74) is 8.33. The van der Waals surface area contributed by atoms with Crippen LogP contribution in [-0.2, 0) is 4.79 Å². The van der Waals surface area contributed by atoms with E-state index < -0.39 is 4.92 Å². The lowest BCUT2D eigenvalue weighted by Gasteiger charge is -2.12. The van der Waals surface area contributed by atoms with E-state index in [0.717, 1.165) is 11.1 Å². The van der Waals surface area contributed by atoms with Crippen molar-refractivity contribution in [3.05, 3.63) is 69.8 Å².